The van der Waals surface area contributed by atoms with E-state index >= 15 is 0 Å². The molecule has 1 aliphatic rings. The van der Waals surface area contributed by atoms with Gasteiger partial charge < -0.3 is 0 Å². The van der Waals surface area contributed by atoms with Crippen LogP contribution in [0.25, 0.3) is 0 Å². The summed E-state index contributed by atoms with van der Waals surface area (Å²) in [5, 5.41) is 0. The van der Waals surface area contributed by atoms with E-state index in [1.165, 1.54) is 0 Å². The third kappa shape index (κ3) is 1.69. The van der Waals surface area contributed by atoms with Crippen molar-refractivity contribution in [3.05, 3.63) is 36.5 Å². The third-order valence-corrected chi connectivity index (χ3v) is 0.789. The van der Waals surface area contributed by atoms with Crippen LogP contribution in [0.15, 0.2) is 41.4 Å². The number of hydrogen-bond donors (Lipinski definition) is 0. The Morgan fingerprint density at radius 3 is 2.88 bits per heavy atom. The van der Waals surface area contributed by atoms with Crippen LogP contribution in [0.3, 0.4) is 0 Å². The number of hydrogen-bond acceptors (Lipinski definition) is 1. The third-order valence-electron chi connectivity index (χ3n) is 0.789. The van der Waals surface area contributed by atoms with Gasteiger partial charge in [-0.25, -0.2) is 0 Å². The van der Waals surface area contributed by atoms with Crippen LogP contribution in [-0.4, -0.2) is 7.07 Å². The topological polar surface area (TPSA) is 12.4 Å². The normalized spacial score (nSPS) is 30.0. The summed E-state index contributed by atoms with van der Waals surface area (Å²) < 4.78 is 0. The van der Waals surface area contributed by atoms with Gasteiger partial charge in [0.2, 0.25) is 0 Å². The maximum absolute atomic E-state index is 3.89. The van der Waals surface area contributed by atoms with Crippen molar-refractivity contribution in [1.82, 2.24) is 0 Å². The molecule has 38 valence electrons. The molecule has 1 aliphatic heterocycles. The molecule has 0 bridgehead atoms. The molecule has 0 saturated carbocycles. The van der Waals surface area contributed by atoms with Gasteiger partial charge in [0.15, 0.2) is 0 Å². The van der Waals surface area contributed by atoms with Gasteiger partial charge in [0.1, 0.15) is 0 Å². The van der Waals surface area contributed by atoms with Gasteiger partial charge in [-0.15, -0.1) is 0 Å². The molecule has 0 saturated heterocycles. The summed E-state index contributed by atoms with van der Waals surface area (Å²) in [4.78, 5) is 3.89. The Kier molecular flexibility index (Phi) is 2.05. The molecule has 8 heavy (non-hydrogen) atoms. The van der Waals surface area contributed by atoms with Crippen LogP contribution in [0.2, 0.25) is 0 Å². The SMILES string of the molecule is B1=N\C=C/C=C\C=C/1. The van der Waals surface area contributed by atoms with Gasteiger partial charge in [-0.2, -0.15) is 0 Å². The van der Waals surface area contributed by atoms with Crippen molar-refractivity contribution in [2.45, 2.75) is 0 Å². The summed E-state index contributed by atoms with van der Waals surface area (Å²) in [7, 11) is 1.75. The molecule has 2 heteroatoms. The molecule has 0 unspecified atom stereocenters. The second kappa shape index (κ2) is 3.13. The summed E-state index contributed by atoms with van der Waals surface area (Å²) in [5.74, 6) is 1.89. The second-order valence-electron chi connectivity index (χ2n) is 1.41. The molecule has 0 radical (unpaired) electrons. The summed E-state index contributed by atoms with van der Waals surface area (Å²) in [5.41, 5.74) is 0. The Morgan fingerprint density at radius 1 is 1.00 bits per heavy atom. The molecule has 0 N–H and O–H groups in total. The molecule has 0 aliphatic carbocycles. The first kappa shape index (κ1) is 5.23. The van der Waals surface area contributed by atoms with Gasteiger partial charge >= 0.3 is 48.4 Å². The van der Waals surface area contributed by atoms with E-state index < -0.39 is 0 Å². The second-order valence-corrected chi connectivity index (χ2v) is 1.41. The predicted octanol–water partition coefficient (Wildman–Crippen LogP) is 1.47. The Hall–Kier alpha value is -0.915. The van der Waals surface area contributed by atoms with E-state index in [2.05, 4.69) is 4.90 Å². The molecular weight excluding hydrogens is 96.9 g/mol. The molecule has 0 fully saturated rings. The van der Waals surface area contributed by atoms with Gasteiger partial charge in [0.25, 0.3) is 0 Å². The van der Waals surface area contributed by atoms with Crippen LogP contribution in [0.4, 0.5) is 0 Å². The van der Waals surface area contributed by atoms with Crippen molar-refractivity contribution in [2.24, 2.45) is 4.90 Å². The number of allylic oxidation sites excluding steroid dienone is 4. The Balaban J connectivity index is 2.67. The molecule has 0 amide bonds. The number of nitrogens with zero attached hydrogens (tertiary/aromatic N) is 1. The van der Waals surface area contributed by atoms with Crippen molar-refractivity contribution in [3.63, 3.8) is 0 Å². The monoisotopic (exact) mass is 103 g/mol. The Labute approximate surface area is 49.4 Å². The van der Waals surface area contributed by atoms with Gasteiger partial charge in [-0.05, 0) is 0 Å². The molecule has 0 aromatic heterocycles. The minimum atomic E-state index is 1.75. The van der Waals surface area contributed by atoms with Crippen molar-refractivity contribution in [3.8, 4) is 0 Å². The first-order chi connectivity index (χ1) is 4.00. The maximum atomic E-state index is 3.89. The molecule has 0 aromatic rings. The van der Waals surface area contributed by atoms with Crippen LogP contribution < -0.4 is 0 Å². The van der Waals surface area contributed by atoms with Gasteiger partial charge in [-0.3, -0.25) is 0 Å². The zero-order valence-electron chi connectivity index (χ0n) is 4.49. The fourth-order valence-electron chi connectivity index (χ4n) is 0.441. The standard InChI is InChI=1S/C6H6BN/c1-2-4-6-8-7-5-3-1/h1-6H/b2-1-,3-1?,4-2?,5-3-,6-4-,8-6?. The van der Waals surface area contributed by atoms with Crippen molar-refractivity contribution in [1.29, 1.82) is 0 Å². The van der Waals surface area contributed by atoms with Crippen LogP contribution in [0.5, 0.6) is 0 Å². The van der Waals surface area contributed by atoms with Gasteiger partial charge in [-0.1, -0.05) is 0 Å². The molecule has 1 heterocycles. The van der Waals surface area contributed by atoms with Crippen LogP contribution in [0, 0.1) is 0 Å². The van der Waals surface area contributed by atoms with E-state index in [0.717, 1.165) is 0 Å². The Bertz CT molecular complexity index is 109. The average Bonchev–Trinajstić information content (AvgIpc) is 1.62. The van der Waals surface area contributed by atoms with E-state index in [9.17, 15) is 0 Å². The minimum absolute atomic E-state index is 1.75. The van der Waals surface area contributed by atoms with Crippen molar-refractivity contribution < 1.29 is 0 Å². The van der Waals surface area contributed by atoms with E-state index in [4.69, 9.17) is 0 Å². The quantitative estimate of drug-likeness (QED) is 0.411. The van der Waals surface area contributed by atoms with Crippen LogP contribution in [0.1, 0.15) is 0 Å². The average molecular weight is 103 g/mol. The summed E-state index contributed by atoms with van der Waals surface area (Å²) in [6.07, 6.45) is 9.47. The zero-order chi connectivity index (χ0) is 5.66. The van der Waals surface area contributed by atoms with E-state index in [-0.39, 0.29) is 0 Å². The van der Waals surface area contributed by atoms with Gasteiger partial charge in [0.05, 0.1) is 0 Å². The zero-order valence-corrected chi connectivity index (χ0v) is 4.49. The van der Waals surface area contributed by atoms with Crippen molar-refractivity contribution in [2.75, 3.05) is 0 Å². The van der Waals surface area contributed by atoms with E-state index in [0.29, 0.717) is 0 Å². The summed E-state index contributed by atoms with van der Waals surface area (Å²) in [6, 6.07) is 0. The van der Waals surface area contributed by atoms with Crippen LogP contribution >= 0.6 is 0 Å². The number of rotatable bonds is 0. The first-order valence-corrected chi connectivity index (χ1v) is 2.52. The molecule has 0 spiro atoms. The van der Waals surface area contributed by atoms with Crippen LogP contribution in [-0.2, 0) is 0 Å². The summed E-state index contributed by atoms with van der Waals surface area (Å²) >= 11 is 0. The molecular formula is C6H6BN. The van der Waals surface area contributed by atoms with E-state index in [1.54, 1.807) is 13.3 Å². The van der Waals surface area contributed by atoms with Crippen molar-refractivity contribution >= 4 is 7.07 Å². The summed E-state index contributed by atoms with van der Waals surface area (Å²) in [6.45, 7) is 0. The predicted molar refractivity (Wildman–Crippen MR) is 35.6 cm³/mol. The molecule has 0 aromatic carbocycles. The molecule has 1 nitrogen and oxygen atoms in total. The van der Waals surface area contributed by atoms with E-state index in [1.807, 2.05) is 30.3 Å². The molecule has 0 atom stereocenters. The Morgan fingerprint density at radius 2 is 1.88 bits per heavy atom. The fourth-order valence-corrected chi connectivity index (χ4v) is 0.441. The molecule has 1 rings (SSSR count). The van der Waals surface area contributed by atoms with Gasteiger partial charge in [0, 0.05) is 0 Å². The fraction of sp³-hybridized carbons (Fsp3) is 0. The first-order valence-electron chi connectivity index (χ1n) is 2.52.